The number of allylic oxidation sites excluding steroid dienone is 2. The van der Waals surface area contributed by atoms with E-state index >= 15 is 0 Å². The van der Waals surface area contributed by atoms with E-state index in [1.807, 2.05) is 52.2 Å². The highest BCUT2D eigenvalue weighted by Gasteiger charge is 2.52. The molecule has 3 saturated heterocycles. The molecule has 17 nitrogen and oxygen atoms in total. The van der Waals surface area contributed by atoms with Crippen molar-refractivity contribution >= 4 is 18.2 Å². The van der Waals surface area contributed by atoms with Gasteiger partial charge in [0.05, 0.1) is 48.6 Å². The first-order valence-corrected chi connectivity index (χ1v) is 22.2. The average Bonchev–Trinajstić information content (AvgIpc) is 3.16. The zero-order chi connectivity index (χ0) is 46.1. The quantitative estimate of drug-likeness (QED) is 0.191. The molecule has 0 amide bonds. The van der Waals surface area contributed by atoms with Crippen LogP contribution in [-0.4, -0.2) is 182 Å². The Kier molecular flexibility index (Phi) is 20.0. The first kappa shape index (κ1) is 52.2. The lowest BCUT2D eigenvalue weighted by Gasteiger charge is -2.50. The summed E-state index contributed by atoms with van der Waals surface area (Å²) < 4.78 is 56.3. The molecular weight excluding hydrogens is 808 g/mol. The molecule has 62 heavy (non-hydrogen) atoms. The Hall–Kier alpha value is -2.39. The second kappa shape index (κ2) is 23.7. The molecule has 0 unspecified atom stereocenters. The maximum absolute atomic E-state index is 13.4. The van der Waals surface area contributed by atoms with Gasteiger partial charge in [-0.05, 0) is 93.9 Å². The first-order chi connectivity index (χ1) is 29.2. The van der Waals surface area contributed by atoms with Gasteiger partial charge in [-0.3, -0.25) is 9.59 Å². The van der Waals surface area contributed by atoms with E-state index in [0.29, 0.717) is 19.3 Å². The number of ether oxygens (including phenoxy) is 9. The number of esters is 2. The van der Waals surface area contributed by atoms with E-state index in [4.69, 9.17) is 42.6 Å². The molecule has 4 rings (SSSR count). The molecule has 4 aliphatic rings. The summed E-state index contributed by atoms with van der Waals surface area (Å²) in [5.74, 6) is -2.21. The number of likely N-dealkylation sites (N-methyl/N-ethyl adjacent to an activating group) is 2. The van der Waals surface area contributed by atoms with Crippen LogP contribution in [0.3, 0.4) is 0 Å². The zero-order valence-corrected chi connectivity index (χ0v) is 38.9. The number of nitrogens with zero attached hydrogens (tertiary/aromatic N) is 2. The van der Waals surface area contributed by atoms with Crippen LogP contribution in [0.15, 0.2) is 24.3 Å². The Balaban J connectivity index is 1.73. The number of rotatable bonds is 12. The fourth-order valence-corrected chi connectivity index (χ4v) is 9.40. The smallest absolute Gasteiger partial charge is 0.309 e. The molecule has 356 valence electrons. The van der Waals surface area contributed by atoms with Crippen molar-refractivity contribution in [3.05, 3.63) is 24.3 Å². The van der Waals surface area contributed by atoms with E-state index in [1.54, 1.807) is 39.8 Å². The van der Waals surface area contributed by atoms with Crippen molar-refractivity contribution in [1.29, 1.82) is 0 Å². The van der Waals surface area contributed by atoms with Crippen molar-refractivity contribution < 1.29 is 72.3 Å². The van der Waals surface area contributed by atoms with Crippen LogP contribution in [0, 0.1) is 11.8 Å². The highest BCUT2D eigenvalue weighted by Crippen LogP contribution is 2.38. The van der Waals surface area contributed by atoms with Gasteiger partial charge in [0.25, 0.3) is 0 Å². The summed E-state index contributed by atoms with van der Waals surface area (Å²) in [6.07, 6.45) is -1.81. The van der Waals surface area contributed by atoms with E-state index in [0.717, 1.165) is 12.7 Å². The molecule has 0 aliphatic carbocycles. The third kappa shape index (κ3) is 14.1. The van der Waals surface area contributed by atoms with Gasteiger partial charge in [0.15, 0.2) is 18.9 Å². The van der Waals surface area contributed by atoms with Gasteiger partial charge in [-0.1, -0.05) is 31.2 Å². The van der Waals surface area contributed by atoms with Gasteiger partial charge in [0.2, 0.25) is 0 Å². The predicted molar refractivity (Wildman–Crippen MR) is 226 cm³/mol. The number of carbonyl (C=O) groups excluding carboxylic acids is 3. The van der Waals surface area contributed by atoms with Crippen molar-refractivity contribution in [3.63, 3.8) is 0 Å². The molecule has 0 aromatic carbocycles. The minimum Gasteiger partial charge on any atom is -0.462 e. The number of aliphatic hydroxyl groups excluding tert-OH is 2. The minimum atomic E-state index is -1.49. The SMILES string of the molecule is CO[C@@H]1[C@@H](O[C@@H]2O[C@H](C)[C@@H](O[C@H]3C[C@](C)(O)[C@@H](O)[C@H](C)O3)[C@H](N(C)C)[C@H]2O)[C@@H](CC=O)C[C@@H](C)[C@H](O[C@H]2CC[C@H](N(C)C)[C@H](C)O2)/C=C\C=C\C[C@@H](C)OC(=O)C[C@H]1OC(C)=O. The van der Waals surface area contributed by atoms with E-state index in [9.17, 15) is 29.7 Å². The average molecular weight is 885 g/mol. The van der Waals surface area contributed by atoms with Crippen LogP contribution in [0.1, 0.15) is 93.4 Å². The molecule has 0 saturated carbocycles. The second-order valence-electron chi connectivity index (χ2n) is 18.4. The lowest BCUT2D eigenvalue weighted by Crippen LogP contribution is -2.65. The number of cyclic esters (lactones) is 1. The first-order valence-electron chi connectivity index (χ1n) is 22.2. The third-order valence-electron chi connectivity index (χ3n) is 12.7. The minimum absolute atomic E-state index is 0.0293. The number of hydrogen-bond donors (Lipinski definition) is 3. The molecule has 0 radical (unpaired) electrons. The van der Waals surface area contributed by atoms with Crippen molar-refractivity contribution in [2.75, 3.05) is 35.3 Å². The summed E-state index contributed by atoms with van der Waals surface area (Å²) in [6, 6.07) is -0.509. The van der Waals surface area contributed by atoms with Gasteiger partial charge in [-0.15, -0.1) is 0 Å². The number of aliphatic hydroxyl groups is 3. The van der Waals surface area contributed by atoms with Gasteiger partial charge >= 0.3 is 11.9 Å². The molecule has 4 heterocycles. The zero-order valence-electron chi connectivity index (χ0n) is 38.9. The lowest BCUT2D eigenvalue weighted by molar-refractivity contribution is -0.344. The van der Waals surface area contributed by atoms with E-state index in [-0.39, 0.29) is 37.3 Å². The normalized spacial score (nSPS) is 44.0. The van der Waals surface area contributed by atoms with Crippen molar-refractivity contribution in [1.82, 2.24) is 9.80 Å². The number of hydrogen-bond acceptors (Lipinski definition) is 17. The molecule has 4 aliphatic heterocycles. The maximum Gasteiger partial charge on any atom is 0.309 e. The number of carbonyl (C=O) groups is 3. The Bertz CT molecular complexity index is 1480. The van der Waals surface area contributed by atoms with E-state index in [2.05, 4.69) is 4.90 Å². The Morgan fingerprint density at radius 3 is 2.19 bits per heavy atom. The Morgan fingerprint density at radius 2 is 1.60 bits per heavy atom. The monoisotopic (exact) mass is 885 g/mol. The number of methoxy groups -OCH3 is 1. The third-order valence-corrected chi connectivity index (χ3v) is 12.7. The molecule has 0 aromatic rings. The second-order valence-corrected chi connectivity index (χ2v) is 18.4. The molecule has 0 aromatic heterocycles. The van der Waals surface area contributed by atoms with Gasteiger partial charge < -0.3 is 72.5 Å². The molecule has 0 bridgehead atoms. The van der Waals surface area contributed by atoms with Crippen molar-refractivity contribution in [2.24, 2.45) is 11.8 Å². The molecule has 3 N–H and O–H groups in total. The maximum atomic E-state index is 13.4. The fourth-order valence-electron chi connectivity index (χ4n) is 9.40. The van der Waals surface area contributed by atoms with E-state index < -0.39 is 109 Å². The van der Waals surface area contributed by atoms with Gasteiger partial charge in [-0.25, -0.2) is 0 Å². The highest BCUT2D eigenvalue weighted by atomic mass is 16.7. The van der Waals surface area contributed by atoms with Crippen LogP contribution in [0.5, 0.6) is 0 Å². The van der Waals surface area contributed by atoms with Gasteiger partial charge in [0.1, 0.15) is 42.9 Å². The molecule has 17 heteroatoms. The van der Waals surface area contributed by atoms with Crippen LogP contribution >= 0.6 is 0 Å². The van der Waals surface area contributed by atoms with Gasteiger partial charge in [0, 0.05) is 39.3 Å². The largest absolute Gasteiger partial charge is 0.462 e. The summed E-state index contributed by atoms with van der Waals surface area (Å²) in [7, 11) is 9.02. The van der Waals surface area contributed by atoms with Crippen molar-refractivity contribution in [3.8, 4) is 0 Å². The standard InChI is InChI=1S/C45H76N2O15/c1-25-22-31(20-21-48)41(62-44-39(51)38(47(10)11)40(28(4)58-44)61-37-24-45(7,53)43(52)29(5)57-37)42(54-12)34(59-30(6)49)23-35(50)55-26(2)16-14-13-15-17-33(25)60-36-19-18-32(46(8)9)27(3)56-36/h13-15,17,21,25-29,31-34,36-44,51-53H,16,18-20,22-24H2,1-12H3/b14-13+,17-15-/t25-,26-,27+,28-,29+,31+,32+,33-,34-,36+,37+,38-,39-,40-,41+,42+,43+,44+,45+/m1/s1. The predicted octanol–water partition coefficient (Wildman–Crippen LogP) is 2.90. The summed E-state index contributed by atoms with van der Waals surface area (Å²) in [4.78, 5) is 42.7. The summed E-state index contributed by atoms with van der Waals surface area (Å²) in [6.45, 7) is 12.0. The Morgan fingerprint density at radius 1 is 0.903 bits per heavy atom. The highest BCUT2D eigenvalue weighted by molar-refractivity contribution is 5.72. The van der Waals surface area contributed by atoms with Crippen LogP contribution in [0.25, 0.3) is 0 Å². The van der Waals surface area contributed by atoms with Crippen LogP contribution in [0.4, 0.5) is 0 Å². The van der Waals surface area contributed by atoms with Crippen LogP contribution < -0.4 is 0 Å². The van der Waals surface area contributed by atoms with E-state index in [1.165, 1.54) is 21.0 Å². The van der Waals surface area contributed by atoms with Crippen LogP contribution in [-0.2, 0) is 57.0 Å². The summed E-state index contributed by atoms with van der Waals surface area (Å²) in [5.41, 5.74) is -1.49. The molecule has 0 spiro atoms. The van der Waals surface area contributed by atoms with Crippen molar-refractivity contribution in [2.45, 2.75) is 197 Å². The topological polar surface area (TPSA) is 201 Å². The Labute approximate surface area is 368 Å². The molecular formula is C45H76N2O15. The molecule has 19 atom stereocenters. The van der Waals surface area contributed by atoms with Gasteiger partial charge in [-0.2, -0.15) is 0 Å². The summed E-state index contributed by atoms with van der Waals surface area (Å²) >= 11 is 0. The summed E-state index contributed by atoms with van der Waals surface area (Å²) in [5, 5.41) is 33.6. The fraction of sp³-hybridized carbons (Fsp3) is 0.844. The lowest BCUT2D eigenvalue weighted by atomic mass is 9.82. The number of aldehydes is 1. The van der Waals surface area contributed by atoms with Crippen LogP contribution in [0.2, 0.25) is 0 Å². The molecule has 3 fully saturated rings.